The SMILES string of the molecule is COc1cccc(/C=C/C(=O)NNC(=O)c2cccc(Cl)c2)c1OC(F)F. The molecule has 0 atom stereocenters. The van der Waals surface area contributed by atoms with Crippen LogP contribution in [0.25, 0.3) is 6.08 Å². The van der Waals surface area contributed by atoms with Crippen molar-refractivity contribution in [1.82, 2.24) is 10.9 Å². The van der Waals surface area contributed by atoms with Crippen molar-refractivity contribution >= 4 is 29.5 Å². The van der Waals surface area contributed by atoms with E-state index in [0.29, 0.717) is 5.02 Å². The second-order valence-corrected chi connectivity index (χ2v) is 5.48. The summed E-state index contributed by atoms with van der Waals surface area (Å²) in [4.78, 5) is 23.8. The summed E-state index contributed by atoms with van der Waals surface area (Å²) in [6.45, 7) is -3.06. The summed E-state index contributed by atoms with van der Waals surface area (Å²) >= 11 is 5.79. The van der Waals surface area contributed by atoms with Gasteiger partial charge in [0.1, 0.15) is 0 Å². The fourth-order valence-electron chi connectivity index (χ4n) is 2.07. The third-order valence-corrected chi connectivity index (χ3v) is 3.47. The number of amides is 2. The molecule has 2 amide bonds. The van der Waals surface area contributed by atoms with Crippen LogP contribution in [0.3, 0.4) is 0 Å². The summed E-state index contributed by atoms with van der Waals surface area (Å²) in [6.07, 6.45) is 2.30. The number of nitrogens with one attached hydrogen (secondary N) is 2. The van der Waals surface area contributed by atoms with Gasteiger partial charge >= 0.3 is 6.61 Å². The number of rotatable bonds is 6. The van der Waals surface area contributed by atoms with Gasteiger partial charge in [-0.25, -0.2) is 0 Å². The van der Waals surface area contributed by atoms with Crippen molar-refractivity contribution in [2.45, 2.75) is 6.61 Å². The molecule has 0 aromatic heterocycles. The van der Waals surface area contributed by atoms with Crippen molar-refractivity contribution in [1.29, 1.82) is 0 Å². The maximum absolute atomic E-state index is 12.6. The maximum Gasteiger partial charge on any atom is 0.387 e. The number of halogens is 3. The lowest BCUT2D eigenvalue weighted by atomic mass is 10.1. The number of ether oxygens (including phenoxy) is 2. The van der Waals surface area contributed by atoms with Crippen LogP contribution >= 0.6 is 11.6 Å². The molecule has 0 bridgehead atoms. The summed E-state index contributed by atoms with van der Waals surface area (Å²) in [5.41, 5.74) is 4.83. The molecule has 9 heteroatoms. The Labute approximate surface area is 158 Å². The van der Waals surface area contributed by atoms with Gasteiger partial charge in [0.2, 0.25) is 0 Å². The van der Waals surface area contributed by atoms with Gasteiger partial charge in [-0.1, -0.05) is 29.8 Å². The summed E-state index contributed by atoms with van der Waals surface area (Å²) in [7, 11) is 1.30. The smallest absolute Gasteiger partial charge is 0.387 e. The van der Waals surface area contributed by atoms with Crippen LogP contribution in [0, 0.1) is 0 Å². The van der Waals surface area contributed by atoms with Crippen LogP contribution in [0.5, 0.6) is 11.5 Å². The van der Waals surface area contributed by atoms with E-state index in [9.17, 15) is 18.4 Å². The number of hydrogen-bond donors (Lipinski definition) is 2. The first-order valence-corrected chi connectivity index (χ1v) is 7.94. The average Bonchev–Trinajstić information content (AvgIpc) is 2.64. The van der Waals surface area contributed by atoms with E-state index in [1.54, 1.807) is 18.2 Å². The molecule has 0 aliphatic carbocycles. The Morgan fingerprint density at radius 3 is 2.56 bits per heavy atom. The number of hydrazine groups is 1. The van der Waals surface area contributed by atoms with E-state index in [4.69, 9.17) is 16.3 Å². The first kappa shape index (κ1) is 20.2. The fraction of sp³-hybridized carbons (Fsp3) is 0.111. The van der Waals surface area contributed by atoms with Crippen LogP contribution in [-0.4, -0.2) is 25.5 Å². The Kier molecular flexibility index (Phi) is 7.13. The van der Waals surface area contributed by atoms with Crippen LogP contribution in [0.4, 0.5) is 8.78 Å². The zero-order chi connectivity index (χ0) is 19.8. The van der Waals surface area contributed by atoms with Gasteiger partial charge in [-0.2, -0.15) is 8.78 Å². The second kappa shape index (κ2) is 9.54. The number of carbonyl (C=O) groups excluding carboxylic acids is 2. The van der Waals surface area contributed by atoms with Gasteiger partial charge in [-0.15, -0.1) is 0 Å². The fourth-order valence-corrected chi connectivity index (χ4v) is 2.26. The first-order valence-electron chi connectivity index (χ1n) is 7.56. The van der Waals surface area contributed by atoms with Crippen LogP contribution in [0.15, 0.2) is 48.5 Å². The lowest BCUT2D eigenvalue weighted by Crippen LogP contribution is -2.40. The maximum atomic E-state index is 12.6. The Bertz CT molecular complexity index is 859. The minimum absolute atomic E-state index is 0.0899. The highest BCUT2D eigenvalue weighted by Gasteiger charge is 2.14. The summed E-state index contributed by atoms with van der Waals surface area (Å²) in [6, 6.07) is 10.6. The van der Waals surface area contributed by atoms with Gasteiger partial charge in [-0.3, -0.25) is 20.4 Å². The van der Waals surface area contributed by atoms with Gasteiger partial charge in [-0.05, 0) is 30.3 Å². The van der Waals surface area contributed by atoms with E-state index in [1.165, 1.54) is 37.5 Å². The summed E-state index contributed by atoms with van der Waals surface area (Å²) < 4.78 is 34.6. The molecule has 0 aliphatic heterocycles. The minimum atomic E-state index is -3.06. The Morgan fingerprint density at radius 2 is 1.89 bits per heavy atom. The molecule has 2 rings (SSSR count). The molecule has 27 heavy (non-hydrogen) atoms. The average molecular weight is 397 g/mol. The molecular weight excluding hydrogens is 382 g/mol. The minimum Gasteiger partial charge on any atom is -0.493 e. The van der Waals surface area contributed by atoms with Crippen molar-refractivity contribution in [3.05, 3.63) is 64.7 Å². The number of hydrogen-bond acceptors (Lipinski definition) is 4. The van der Waals surface area contributed by atoms with Gasteiger partial charge in [0.25, 0.3) is 11.8 Å². The van der Waals surface area contributed by atoms with E-state index >= 15 is 0 Å². The standard InChI is InChI=1S/C18H15ClF2N2O4/c1-26-14-7-3-4-11(16(14)27-18(20)21)8-9-15(24)22-23-17(25)12-5-2-6-13(19)10-12/h2-10,18H,1H3,(H,22,24)(H,23,25)/b9-8+. The van der Waals surface area contributed by atoms with E-state index in [2.05, 4.69) is 15.6 Å². The number of alkyl halides is 2. The predicted octanol–water partition coefficient (Wildman–Crippen LogP) is 3.42. The zero-order valence-corrected chi connectivity index (χ0v) is 14.8. The Hall–Kier alpha value is -3.13. The number of methoxy groups -OCH3 is 1. The van der Waals surface area contributed by atoms with Crippen molar-refractivity contribution in [3.63, 3.8) is 0 Å². The molecule has 2 aromatic carbocycles. The number of carbonyl (C=O) groups is 2. The molecule has 0 spiro atoms. The van der Waals surface area contributed by atoms with E-state index < -0.39 is 18.4 Å². The number of benzene rings is 2. The molecule has 2 N–H and O–H groups in total. The van der Waals surface area contributed by atoms with Gasteiger partial charge in [0.15, 0.2) is 11.5 Å². The molecule has 6 nitrogen and oxygen atoms in total. The molecule has 142 valence electrons. The molecule has 0 fully saturated rings. The third-order valence-electron chi connectivity index (χ3n) is 3.24. The molecular formula is C18H15ClF2N2O4. The molecule has 0 unspecified atom stereocenters. The zero-order valence-electron chi connectivity index (χ0n) is 14.0. The highest BCUT2D eigenvalue weighted by Crippen LogP contribution is 2.33. The lowest BCUT2D eigenvalue weighted by molar-refractivity contribution is -0.117. The van der Waals surface area contributed by atoms with Crippen molar-refractivity contribution < 1.29 is 27.8 Å². The predicted molar refractivity (Wildman–Crippen MR) is 95.7 cm³/mol. The quantitative estimate of drug-likeness (QED) is 0.579. The molecule has 0 saturated heterocycles. The van der Waals surface area contributed by atoms with E-state index in [1.807, 2.05) is 0 Å². The molecule has 0 radical (unpaired) electrons. The molecule has 0 aliphatic rings. The van der Waals surface area contributed by atoms with Gasteiger partial charge in [0.05, 0.1) is 7.11 Å². The second-order valence-electron chi connectivity index (χ2n) is 5.04. The van der Waals surface area contributed by atoms with Crippen LogP contribution in [0.1, 0.15) is 15.9 Å². The number of para-hydroxylation sites is 1. The highest BCUT2D eigenvalue weighted by molar-refractivity contribution is 6.30. The third kappa shape index (κ3) is 5.96. The normalized spacial score (nSPS) is 10.7. The van der Waals surface area contributed by atoms with Crippen molar-refractivity contribution in [2.75, 3.05) is 7.11 Å². The van der Waals surface area contributed by atoms with Crippen LogP contribution < -0.4 is 20.3 Å². The van der Waals surface area contributed by atoms with Crippen molar-refractivity contribution in [2.24, 2.45) is 0 Å². The topological polar surface area (TPSA) is 76.7 Å². The lowest BCUT2D eigenvalue weighted by Gasteiger charge is -2.12. The molecule has 2 aromatic rings. The first-order chi connectivity index (χ1) is 12.9. The molecule has 0 saturated carbocycles. The van der Waals surface area contributed by atoms with Crippen LogP contribution in [-0.2, 0) is 4.79 Å². The van der Waals surface area contributed by atoms with Crippen molar-refractivity contribution in [3.8, 4) is 11.5 Å². The Morgan fingerprint density at radius 1 is 1.15 bits per heavy atom. The largest absolute Gasteiger partial charge is 0.493 e. The van der Waals surface area contributed by atoms with Gasteiger partial charge in [0, 0.05) is 22.2 Å². The monoisotopic (exact) mass is 396 g/mol. The molecule has 0 heterocycles. The van der Waals surface area contributed by atoms with E-state index in [0.717, 1.165) is 6.08 Å². The Balaban J connectivity index is 2.03. The summed E-state index contributed by atoms with van der Waals surface area (Å²) in [5, 5.41) is 0.374. The van der Waals surface area contributed by atoms with Crippen LogP contribution in [0.2, 0.25) is 5.02 Å². The van der Waals surface area contributed by atoms with Gasteiger partial charge < -0.3 is 9.47 Å². The summed E-state index contributed by atoms with van der Waals surface area (Å²) in [5.74, 6) is -1.37. The van der Waals surface area contributed by atoms with E-state index in [-0.39, 0.29) is 22.6 Å². The highest BCUT2D eigenvalue weighted by atomic mass is 35.5.